The lowest BCUT2D eigenvalue weighted by atomic mass is 10.3. The Balaban J connectivity index is 1.62. The van der Waals surface area contributed by atoms with Crippen LogP contribution in [-0.2, 0) is 24.8 Å². The highest BCUT2D eigenvalue weighted by Gasteiger charge is 2.21. The average Bonchev–Trinajstić information content (AvgIpc) is 2.79. The zero-order chi connectivity index (χ0) is 23.2. The lowest BCUT2D eigenvalue weighted by Crippen LogP contribution is -2.28. The molecule has 0 aromatic heterocycles. The third kappa shape index (κ3) is 5.72. The molecule has 0 aliphatic heterocycles. The molecule has 3 rings (SSSR count). The minimum absolute atomic E-state index is 0.0198. The van der Waals surface area contributed by atoms with E-state index in [2.05, 4.69) is 10.0 Å². The van der Waals surface area contributed by atoms with E-state index < -0.39 is 26.0 Å². The molecule has 2 N–H and O–H groups in total. The Bertz CT molecular complexity index is 1280. The topological polar surface area (TPSA) is 113 Å². The highest BCUT2D eigenvalue weighted by molar-refractivity contribution is 7.92. The fraction of sp³-hybridized carbons (Fsp3) is 0.136. The van der Waals surface area contributed by atoms with Crippen LogP contribution < -0.4 is 14.3 Å². The summed E-state index contributed by atoms with van der Waals surface area (Å²) in [5.74, 6) is -0.452. The highest BCUT2D eigenvalue weighted by atomic mass is 32.2. The summed E-state index contributed by atoms with van der Waals surface area (Å²) in [6, 6.07) is 22.4. The summed E-state index contributed by atoms with van der Waals surface area (Å²) in [6.07, 6.45) is -0.118. The van der Waals surface area contributed by atoms with Gasteiger partial charge in [-0.1, -0.05) is 42.5 Å². The van der Waals surface area contributed by atoms with E-state index in [4.69, 9.17) is 0 Å². The molecule has 1 amide bonds. The average molecular weight is 474 g/mol. The number of hydrogen-bond donors (Lipinski definition) is 2. The van der Waals surface area contributed by atoms with Gasteiger partial charge in [0.1, 0.15) is 0 Å². The normalized spacial score (nSPS) is 11.7. The number of benzene rings is 3. The smallest absolute Gasteiger partial charge is 0.264 e. The molecule has 0 atom stereocenters. The molecular formula is C22H23N3O5S2. The molecule has 0 spiro atoms. The number of nitrogens with one attached hydrogen (secondary N) is 2. The summed E-state index contributed by atoms with van der Waals surface area (Å²) in [4.78, 5) is 12.4. The van der Waals surface area contributed by atoms with Gasteiger partial charge in [-0.3, -0.25) is 9.10 Å². The number of amides is 1. The molecule has 3 aromatic rings. The largest absolute Gasteiger partial charge is 0.326 e. The van der Waals surface area contributed by atoms with Gasteiger partial charge in [0.25, 0.3) is 10.0 Å². The van der Waals surface area contributed by atoms with Crippen molar-refractivity contribution in [3.8, 4) is 0 Å². The van der Waals surface area contributed by atoms with E-state index in [1.54, 1.807) is 54.6 Å². The molecule has 0 heterocycles. The van der Waals surface area contributed by atoms with E-state index in [0.717, 1.165) is 4.31 Å². The summed E-state index contributed by atoms with van der Waals surface area (Å²) in [7, 11) is -6.08. The number of para-hydroxylation sites is 1. The standard InChI is InChI=1S/C22H23N3O5S2/c1-25(19-10-4-2-5-11-19)32(29,30)21-14-8-9-18(17-21)24-22(26)15-16-23-31(27,28)20-12-6-3-7-13-20/h2-14,17,23H,15-16H2,1H3,(H,24,26). The predicted octanol–water partition coefficient (Wildman–Crippen LogP) is 2.82. The van der Waals surface area contributed by atoms with Crippen LogP contribution in [0.2, 0.25) is 0 Å². The first-order valence-corrected chi connectivity index (χ1v) is 12.6. The van der Waals surface area contributed by atoms with Gasteiger partial charge in [0.15, 0.2) is 0 Å². The van der Waals surface area contributed by atoms with Crippen molar-refractivity contribution in [2.24, 2.45) is 0 Å². The third-order valence-corrected chi connectivity index (χ3v) is 7.85. The van der Waals surface area contributed by atoms with E-state index in [0.29, 0.717) is 11.4 Å². The van der Waals surface area contributed by atoms with E-state index in [9.17, 15) is 21.6 Å². The molecule has 0 unspecified atom stereocenters. The Kier molecular flexibility index (Phi) is 7.29. The lowest BCUT2D eigenvalue weighted by Gasteiger charge is -2.19. The zero-order valence-corrected chi connectivity index (χ0v) is 18.9. The van der Waals surface area contributed by atoms with Crippen LogP contribution in [0.1, 0.15) is 6.42 Å². The van der Waals surface area contributed by atoms with Crippen molar-refractivity contribution in [2.45, 2.75) is 16.2 Å². The van der Waals surface area contributed by atoms with Gasteiger partial charge in [-0.25, -0.2) is 21.6 Å². The summed E-state index contributed by atoms with van der Waals surface area (Å²) in [5.41, 5.74) is 0.802. The van der Waals surface area contributed by atoms with Crippen LogP contribution in [-0.4, -0.2) is 36.3 Å². The molecule has 0 aliphatic rings. The van der Waals surface area contributed by atoms with Crippen molar-refractivity contribution in [2.75, 3.05) is 23.2 Å². The summed E-state index contributed by atoms with van der Waals surface area (Å²) >= 11 is 0. The predicted molar refractivity (Wildman–Crippen MR) is 123 cm³/mol. The number of anilines is 2. The minimum Gasteiger partial charge on any atom is -0.326 e. The van der Waals surface area contributed by atoms with Crippen LogP contribution in [0.25, 0.3) is 0 Å². The third-order valence-electron chi connectivity index (χ3n) is 4.59. The maximum Gasteiger partial charge on any atom is 0.264 e. The molecule has 0 radical (unpaired) electrons. The molecule has 0 saturated carbocycles. The molecule has 0 aliphatic carbocycles. The molecule has 8 nitrogen and oxygen atoms in total. The summed E-state index contributed by atoms with van der Waals surface area (Å²) in [5, 5.41) is 2.60. The summed E-state index contributed by atoms with van der Waals surface area (Å²) in [6.45, 7) is -0.0994. The van der Waals surface area contributed by atoms with Crippen molar-refractivity contribution in [3.05, 3.63) is 84.9 Å². The maximum absolute atomic E-state index is 12.9. The molecule has 0 fully saturated rings. The van der Waals surface area contributed by atoms with Gasteiger partial charge in [-0.15, -0.1) is 0 Å². The maximum atomic E-state index is 12.9. The van der Waals surface area contributed by atoms with Gasteiger partial charge in [0.2, 0.25) is 15.9 Å². The number of hydrogen-bond acceptors (Lipinski definition) is 5. The highest BCUT2D eigenvalue weighted by Crippen LogP contribution is 2.23. The van der Waals surface area contributed by atoms with Gasteiger partial charge >= 0.3 is 0 Å². The number of rotatable bonds is 9. The van der Waals surface area contributed by atoms with Crippen LogP contribution >= 0.6 is 0 Å². The second-order valence-electron chi connectivity index (χ2n) is 6.84. The SMILES string of the molecule is CN(c1ccccc1)S(=O)(=O)c1cccc(NC(=O)CCNS(=O)(=O)c2ccccc2)c1. The van der Waals surface area contributed by atoms with Crippen molar-refractivity contribution in [1.29, 1.82) is 0 Å². The Morgan fingerprint density at radius 1 is 0.812 bits per heavy atom. The molecule has 0 saturated heterocycles. The lowest BCUT2D eigenvalue weighted by molar-refractivity contribution is -0.116. The van der Waals surface area contributed by atoms with Crippen LogP contribution in [0.4, 0.5) is 11.4 Å². The first-order chi connectivity index (χ1) is 15.2. The quantitative estimate of drug-likeness (QED) is 0.496. The molecule has 0 bridgehead atoms. The van der Waals surface area contributed by atoms with Crippen LogP contribution in [0.3, 0.4) is 0 Å². The first kappa shape index (κ1) is 23.5. The van der Waals surface area contributed by atoms with E-state index in [1.165, 1.54) is 37.4 Å². The Labute approximate surface area is 188 Å². The van der Waals surface area contributed by atoms with Gasteiger partial charge in [-0.05, 0) is 42.5 Å². The Hall–Kier alpha value is -3.21. The molecule has 3 aromatic carbocycles. The van der Waals surface area contributed by atoms with Gasteiger partial charge < -0.3 is 5.32 Å². The monoisotopic (exact) mass is 473 g/mol. The molecule has 10 heteroatoms. The number of carbonyl (C=O) groups excluding carboxylic acids is 1. The van der Waals surface area contributed by atoms with Crippen molar-refractivity contribution in [3.63, 3.8) is 0 Å². The van der Waals surface area contributed by atoms with Crippen LogP contribution in [0, 0.1) is 0 Å². The zero-order valence-electron chi connectivity index (χ0n) is 17.3. The second-order valence-corrected chi connectivity index (χ2v) is 10.6. The first-order valence-electron chi connectivity index (χ1n) is 9.69. The Morgan fingerprint density at radius 2 is 1.41 bits per heavy atom. The van der Waals surface area contributed by atoms with Gasteiger partial charge in [0, 0.05) is 25.7 Å². The fourth-order valence-corrected chi connectivity index (χ4v) is 5.17. The Morgan fingerprint density at radius 3 is 2.06 bits per heavy atom. The van der Waals surface area contributed by atoms with Crippen LogP contribution in [0.5, 0.6) is 0 Å². The minimum atomic E-state index is -3.83. The number of nitrogens with zero attached hydrogens (tertiary/aromatic N) is 1. The van der Waals surface area contributed by atoms with Gasteiger partial charge in [-0.2, -0.15) is 0 Å². The fourth-order valence-electron chi connectivity index (χ4n) is 2.87. The molecule has 168 valence electrons. The van der Waals surface area contributed by atoms with Gasteiger partial charge in [0.05, 0.1) is 15.5 Å². The van der Waals surface area contributed by atoms with E-state index in [1.807, 2.05) is 0 Å². The second kappa shape index (κ2) is 9.94. The number of carbonyl (C=O) groups is 1. The van der Waals surface area contributed by atoms with Crippen LogP contribution in [0.15, 0.2) is 94.7 Å². The van der Waals surface area contributed by atoms with Crippen molar-refractivity contribution in [1.82, 2.24) is 4.72 Å². The van der Waals surface area contributed by atoms with E-state index >= 15 is 0 Å². The molecule has 32 heavy (non-hydrogen) atoms. The number of sulfonamides is 2. The summed E-state index contributed by atoms with van der Waals surface area (Å²) < 4.78 is 53.8. The van der Waals surface area contributed by atoms with Crippen molar-refractivity contribution < 1.29 is 21.6 Å². The van der Waals surface area contributed by atoms with Crippen molar-refractivity contribution >= 4 is 37.3 Å². The van der Waals surface area contributed by atoms with E-state index in [-0.39, 0.29) is 22.8 Å². The molecular weight excluding hydrogens is 450 g/mol.